The Kier molecular flexibility index (Phi) is 14.1. The highest BCUT2D eigenvalue weighted by molar-refractivity contribution is 7.27. The third kappa shape index (κ3) is 9.95. The van der Waals surface area contributed by atoms with Gasteiger partial charge in [0, 0.05) is 123 Å². The molecule has 0 unspecified atom stereocenters. The molecule has 5 nitrogen and oxygen atoms in total. The molecule has 0 saturated heterocycles. The predicted octanol–water partition coefficient (Wildman–Crippen LogP) is 26.3. The van der Waals surface area contributed by atoms with Crippen molar-refractivity contribution in [2.75, 3.05) is 19.6 Å². The standard InChI is InChI=1S/C42H28N2OS.C42H28N2S2/c1-4-13-29(14-5-1)43(30-15-6-2-7-16-30)32-23-25-39-36(27-32)35-20-12-21-38(42(35)45-39)44(31-17-8-3-9-18-31)33-24-26-41-37(28-33)34-19-10-11-22-40(34)46-41;1-4-13-29(14-5-1)43(32-23-25-40-36(27-32)34-19-10-11-22-39(34)45-40)33-24-26-41-37(28-33)35-20-12-21-38(42(35)46-41)44(30-15-6-2-7-16-30)31-17-8-3-9-18-31/h2*1-28H. The molecular weight excluding hydrogens is 1180 g/mol. The van der Waals surface area contributed by atoms with E-state index < -0.39 is 0 Å². The summed E-state index contributed by atoms with van der Waals surface area (Å²) in [7, 11) is 0. The Bertz CT molecular complexity index is 5590. The number of rotatable bonds is 12. The van der Waals surface area contributed by atoms with Crippen LogP contribution in [0, 0.1) is 0 Å². The molecule has 0 fully saturated rings. The summed E-state index contributed by atoms with van der Waals surface area (Å²) in [5.41, 5.74) is 15.1. The Balaban J connectivity index is 0.000000141. The zero-order chi connectivity index (χ0) is 60.9. The maximum Gasteiger partial charge on any atom is 0.159 e. The summed E-state index contributed by atoms with van der Waals surface area (Å²) in [6, 6.07) is 121. The molecule has 8 heteroatoms. The molecule has 0 bridgehead atoms. The van der Waals surface area contributed by atoms with Crippen molar-refractivity contribution < 1.29 is 4.42 Å². The second-order valence-electron chi connectivity index (χ2n) is 22.8. The number of para-hydroxylation sites is 7. The van der Waals surface area contributed by atoms with E-state index in [9.17, 15) is 0 Å². The van der Waals surface area contributed by atoms with Crippen molar-refractivity contribution in [3.8, 4) is 0 Å². The predicted molar refractivity (Wildman–Crippen MR) is 398 cm³/mol. The van der Waals surface area contributed by atoms with Gasteiger partial charge in [0.2, 0.25) is 0 Å². The number of benzene rings is 14. The third-order valence-electron chi connectivity index (χ3n) is 17.2. The van der Waals surface area contributed by atoms with Crippen LogP contribution in [0.25, 0.3) is 82.5 Å². The minimum absolute atomic E-state index is 0.861. The minimum Gasteiger partial charge on any atom is -0.454 e. The fraction of sp³-hybridized carbons (Fsp3) is 0. The Morgan fingerprint density at radius 3 is 0.978 bits per heavy atom. The van der Waals surface area contributed by atoms with Gasteiger partial charge < -0.3 is 24.0 Å². The van der Waals surface area contributed by atoms with Crippen molar-refractivity contribution in [3.63, 3.8) is 0 Å². The lowest BCUT2D eigenvalue weighted by atomic mass is 10.1. The summed E-state index contributed by atoms with van der Waals surface area (Å²) >= 11 is 5.56. The molecular formula is C84H56N4OS3. The second kappa shape index (κ2) is 23.6. The number of thiophene rings is 3. The summed E-state index contributed by atoms with van der Waals surface area (Å²) in [5, 5.41) is 9.86. The van der Waals surface area contributed by atoms with Gasteiger partial charge in [0.15, 0.2) is 5.58 Å². The van der Waals surface area contributed by atoms with Gasteiger partial charge >= 0.3 is 0 Å². The van der Waals surface area contributed by atoms with E-state index in [2.05, 4.69) is 359 Å². The highest BCUT2D eigenvalue weighted by atomic mass is 32.1. The molecule has 0 atom stereocenters. The van der Waals surface area contributed by atoms with Gasteiger partial charge in [0.1, 0.15) is 5.58 Å². The van der Waals surface area contributed by atoms with Crippen molar-refractivity contribution in [1.82, 2.24) is 0 Å². The molecule has 0 N–H and O–H groups in total. The van der Waals surface area contributed by atoms with Gasteiger partial charge in [-0.15, -0.1) is 34.0 Å². The molecule has 0 saturated carbocycles. The first-order chi connectivity index (χ1) is 45.6. The van der Waals surface area contributed by atoms with E-state index in [1.807, 2.05) is 34.0 Å². The first kappa shape index (κ1) is 54.9. The number of hydrogen-bond donors (Lipinski definition) is 0. The zero-order valence-corrected chi connectivity index (χ0v) is 52.2. The normalized spacial score (nSPS) is 11.5. The molecule has 0 aliphatic rings. The van der Waals surface area contributed by atoms with Gasteiger partial charge in [-0.05, 0) is 170 Å². The molecule has 0 radical (unpaired) electrons. The first-order valence-electron chi connectivity index (χ1n) is 30.9. The van der Waals surface area contributed by atoms with Crippen LogP contribution in [0.3, 0.4) is 0 Å². The Hall–Kier alpha value is -11.3. The van der Waals surface area contributed by atoms with Crippen molar-refractivity contribution in [2.24, 2.45) is 0 Å². The van der Waals surface area contributed by atoms with E-state index >= 15 is 0 Å². The van der Waals surface area contributed by atoms with Crippen LogP contribution in [0.15, 0.2) is 344 Å². The molecule has 14 aromatic carbocycles. The van der Waals surface area contributed by atoms with Crippen molar-refractivity contribution in [3.05, 3.63) is 340 Å². The van der Waals surface area contributed by atoms with Gasteiger partial charge in [-0.3, -0.25) is 0 Å². The number of fused-ring (bicyclic) bond motifs is 12. The SMILES string of the molecule is c1ccc(N(c2ccc3sc4ccccc4c3c2)c2ccc3sc4c(N(c5ccccc5)c5ccccc5)cccc4c3c2)cc1.c1ccc(N(c2ccccc2)c2ccc3oc4c(N(c5ccccc5)c5ccc6sc7ccccc7c6c5)cccc4c3c2)cc1. The van der Waals surface area contributed by atoms with E-state index in [4.69, 9.17) is 4.42 Å². The summed E-state index contributed by atoms with van der Waals surface area (Å²) in [5.74, 6) is 0. The molecule has 4 aromatic heterocycles. The van der Waals surface area contributed by atoms with Crippen LogP contribution in [-0.2, 0) is 0 Å². The number of hydrogen-bond acceptors (Lipinski definition) is 8. The number of anilines is 12. The van der Waals surface area contributed by atoms with Crippen LogP contribution in [0.1, 0.15) is 0 Å². The molecule has 18 aromatic rings. The summed E-state index contributed by atoms with van der Waals surface area (Å²) in [6.45, 7) is 0. The lowest BCUT2D eigenvalue weighted by Crippen LogP contribution is -2.10. The Morgan fingerprint density at radius 2 is 0.511 bits per heavy atom. The van der Waals surface area contributed by atoms with Crippen LogP contribution in [-0.4, -0.2) is 0 Å². The van der Waals surface area contributed by atoms with Crippen molar-refractivity contribution >= 4 is 185 Å². The summed E-state index contributed by atoms with van der Waals surface area (Å²) in [4.78, 5) is 9.37. The van der Waals surface area contributed by atoms with Crippen LogP contribution < -0.4 is 19.6 Å². The average Bonchev–Trinajstić information content (AvgIpc) is 1.61. The fourth-order valence-corrected chi connectivity index (χ4v) is 16.5. The largest absolute Gasteiger partial charge is 0.454 e. The monoisotopic (exact) mass is 1230 g/mol. The van der Waals surface area contributed by atoms with Gasteiger partial charge in [0.05, 0.1) is 16.1 Å². The first-order valence-corrected chi connectivity index (χ1v) is 33.3. The maximum atomic E-state index is 6.74. The highest BCUT2D eigenvalue weighted by Gasteiger charge is 2.24. The van der Waals surface area contributed by atoms with E-state index in [1.54, 1.807) is 0 Å². The van der Waals surface area contributed by atoms with E-state index in [-0.39, 0.29) is 0 Å². The van der Waals surface area contributed by atoms with Crippen molar-refractivity contribution in [1.29, 1.82) is 0 Å². The number of furan rings is 1. The molecule has 0 aliphatic heterocycles. The smallest absolute Gasteiger partial charge is 0.159 e. The second-order valence-corrected chi connectivity index (χ2v) is 26.0. The molecule has 436 valence electrons. The van der Waals surface area contributed by atoms with Crippen molar-refractivity contribution in [2.45, 2.75) is 0 Å². The summed E-state index contributed by atoms with van der Waals surface area (Å²) < 4.78 is 14.5. The fourth-order valence-electron chi connectivity index (χ4n) is 13.1. The molecule has 0 spiro atoms. The van der Waals surface area contributed by atoms with E-state index in [1.165, 1.54) is 66.2 Å². The van der Waals surface area contributed by atoms with Crippen LogP contribution in [0.5, 0.6) is 0 Å². The lowest BCUT2D eigenvalue weighted by Gasteiger charge is -2.26. The van der Waals surface area contributed by atoms with Crippen LogP contribution in [0.4, 0.5) is 68.2 Å². The van der Waals surface area contributed by atoms with Gasteiger partial charge in [-0.2, -0.15) is 0 Å². The molecule has 4 heterocycles. The van der Waals surface area contributed by atoms with Crippen LogP contribution >= 0.6 is 34.0 Å². The van der Waals surface area contributed by atoms with Gasteiger partial charge in [0.25, 0.3) is 0 Å². The maximum absolute atomic E-state index is 6.74. The molecule has 92 heavy (non-hydrogen) atoms. The molecule has 0 amide bonds. The van der Waals surface area contributed by atoms with E-state index in [0.29, 0.717) is 0 Å². The van der Waals surface area contributed by atoms with Gasteiger partial charge in [-0.25, -0.2) is 0 Å². The lowest BCUT2D eigenvalue weighted by molar-refractivity contribution is 0.669. The highest BCUT2D eigenvalue weighted by Crippen LogP contribution is 2.49. The molecule has 18 rings (SSSR count). The average molecular weight is 1230 g/mol. The molecule has 0 aliphatic carbocycles. The van der Waals surface area contributed by atoms with E-state index in [0.717, 1.165) is 84.5 Å². The zero-order valence-electron chi connectivity index (χ0n) is 49.8. The third-order valence-corrected chi connectivity index (χ3v) is 20.8. The quantitative estimate of drug-likeness (QED) is 0.121. The Labute approximate surface area is 544 Å². The van der Waals surface area contributed by atoms with Gasteiger partial charge in [-0.1, -0.05) is 170 Å². The topological polar surface area (TPSA) is 26.1 Å². The minimum atomic E-state index is 0.861. The summed E-state index contributed by atoms with van der Waals surface area (Å²) in [6.07, 6.45) is 0. The Morgan fingerprint density at radius 1 is 0.196 bits per heavy atom. The number of nitrogens with zero attached hydrogens (tertiary/aromatic N) is 4. The van der Waals surface area contributed by atoms with Crippen LogP contribution in [0.2, 0.25) is 0 Å².